The van der Waals surface area contributed by atoms with Crippen molar-refractivity contribution in [3.05, 3.63) is 29.6 Å². The van der Waals surface area contributed by atoms with Gasteiger partial charge in [0.2, 0.25) is 0 Å². The van der Waals surface area contributed by atoms with Crippen molar-refractivity contribution in [2.24, 2.45) is 5.92 Å². The number of hydrogen-bond acceptors (Lipinski definition) is 3. The highest BCUT2D eigenvalue weighted by Gasteiger charge is 2.16. The fraction of sp³-hybridized carbons (Fsp3) is 0.500. The zero-order chi connectivity index (χ0) is 12.8. The van der Waals surface area contributed by atoms with Gasteiger partial charge in [0.25, 0.3) is 5.91 Å². The van der Waals surface area contributed by atoms with E-state index >= 15 is 0 Å². The molecule has 1 heterocycles. The lowest BCUT2D eigenvalue weighted by Gasteiger charge is -2.21. The first-order chi connectivity index (χ1) is 8.81. The van der Waals surface area contributed by atoms with Crippen LogP contribution in [0.15, 0.2) is 18.5 Å². The monoisotopic (exact) mass is 243 g/mol. The molecule has 2 rings (SSSR count). The van der Waals surface area contributed by atoms with Crippen LogP contribution in [0.5, 0.6) is 0 Å². The van der Waals surface area contributed by atoms with Gasteiger partial charge in [-0.1, -0.05) is 19.3 Å². The zero-order valence-corrected chi connectivity index (χ0v) is 10.4. The highest BCUT2D eigenvalue weighted by Crippen LogP contribution is 2.22. The van der Waals surface area contributed by atoms with Crippen LogP contribution in [0.2, 0.25) is 0 Å². The lowest BCUT2D eigenvalue weighted by atomic mass is 9.89. The van der Waals surface area contributed by atoms with Crippen LogP contribution >= 0.6 is 0 Å². The van der Waals surface area contributed by atoms with Gasteiger partial charge in [-0.2, -0.15) is 5.26 Å². The fourth-order valence-electron chi connectivity index (χ4n) is 2.40. The van der Waals surface area contributed by atoms with E-state index in [1.807, 2.05) is 6.07 Å². The second kappa shape index (κ2) is 6.15. The molecule has 1 fully saturated rings. The van der Waals surface area contributed by atoms with Crippen LogP contribution < -0.4 is 5.32 Å². The summed E-state index contributed by atoms with van der Waals surface area (Å²) in [6.45, 7) is 0.707. The molecule has 0 spiro atoms. The van der Waals surface area contributed by atoms with Crippen LogP contribution in [0.3, 0.4) is 0 Å². The molecule has 0 aliphatic heterocycles. The summed E-state index contributed by atoms with van der Waals surface area (Å²) < 4.78 is 0. The highest BCUT2D eigenvalue weighted by molar-refractivity contribution is 5.96. The number of carbonyl (C=O) groups is 1. The average Bonchev–Trinajstić information content (AvgIpc) is 2.45. The lowest BCUT2D eigenvalue weighted by molar-refractivity contribution is 0.0943. The van der Waals surface area contributed by atoms with Crippen LogP contribution in [0.25, 0.3) is 0 Å². The Balaban J connectivity index is 1.93. The van der Waals surface area contributed by atoms with Crippen molar-refractivity contribution in [3.63, 3.8) is 0 Å². The summed E-state index contributed by atoms with van der Waals surface area (Å²) >= 11 is 0. The Morgan fingerprint density at radius 3 is 2.94 bits per heavy atom. The van der Waals surface area contributed by atoms with Crippen molar-refractivity contribution in [3.8, 4) is 6.07 Å². The van der Waals surface area contributed by atoms with Gasteiger partial charge in [0, 0.05) is 18.9 Å². The summed E-state index contributed by atoms with van der Waals surface area (Å²) in [5.41, 5.74) is 0.752. The summed E-state index contributed by atoms with van der Waals surface area (Å²) in [4.78, 5) is 15.9. The predicted octanol–water partition coefficient (Wildman–Crippen LogP) is 2.26. The van der Waals surface area contributed by atoms with Gasteiger partial charge in [-0.3, -0.25) is 9.78 Å². The molecule has 1 amide bonds. The number of aromatic nitrogens is 1. The number of pyridine rings is 1. The molecular weight excluding hydrogens is 226 g/mol. The number of nitrogens with one attached hydrogen (secondary N) is 1. The van der Waals surface area contributed by atoms with Gasteiger partial charge in [-0.05, 0) is 24.8 Å². The molecule has 0 aromatic carbocycles. The maximum Gasteiger partial charge on any atom is 0.254 e. The molecule has 1 aromatic rings. The van der Waals surface area contributed by atoms with Gasteiger partial charge < -0.3 is 5.32 Å². The molecule has 0 bridgehead atoms. The van der Waals surface area contributed by atoms with E-state index in [4.69, 9.17) is 5.26 Å². The van der Waals surface area contributed by atoms with Crippen LogP contribution in [0.1, 0.15) is 48.0 Å². The van der Waals surface area contributed by atoms with E-state index in [9.17, 15) is 4.79 Å². The third kappa shape index (κ3) is 3.07. The van der Waals surface area contributed by atoms with Gasteiger partial charge in [-0.25, -0.2) is 0 Å². The normalized spacial score (nSPS) is 15.9. The minimum atomic E-state index is -0.190. The molecule has 1 aliphatic rings. The van der Waals surface area contributed by atoms with Crippen LogP contribution in [-0.4, -0.2) is 17.4 Å². The zero-order valence-electron chi connectivity index (χ0n) is 10.4. The van der Waals surface area contributed by atoms with E-state index in [0.29, 0.717) is 23.6 Å². The maximum absolute atomic E-state index is 12.0. The Labute approximate surface area is 107 Å². The molecule has 1 aromatic heterocycles. The molecule has 18 heavy (non-hydrogen) atoms. The minimum Gasteiger partial charge on any atom is -0.352 e. The first kappa shape index (κ1) is 12.6. The van der Waals surface area contributed by atoms with Crippen LogP contribution in [-0.2, 0) is 0 Å². The van der Waals surface area contributed by atoms with Crippen molar-refractivity contribution in [2.75, 3.05) is 6.54 Å². The van der Waals surface area contributed by atoms with E-state index in [1.54, 1.807) is 6.07 Å². The van der Waals surface area contributed by atoms with E-state index in [1.165, 1.54) is 44.5 Å². The third-order valence-electron chi connectivity index (χ3n) is 3.46. The summed E-state index contributed by atoms with van der Waals surface area (Å²) in [7, 11) is 0. The highest BCUT2D eigenvalue weighted by atomic mass is 16.1. The molecule has 4 heteroatoms. The van der Waals surface area contributed by atoms with Crippen molar-refractivity contribution in [1.82, 2.24) is 10.3 Å². The van der Waals surface area contributed by atoms with Crippen molar-refractivity contribution in [2.45, 2.75) is 32.1 Å². The summed E-state index contributed by atoms with van der Waals surface area (Å²) in [5, 5.41) is 11.8. The van der Waals surface area contributed by atoms with E-state index < -0.39 is 0 Å². The molecule has 1 N–H and O–H groups in total. The number of hydrogen-bond donors (Lipinski definition) is 1. The number of nitrogens with zero attached hydrogens (tertiary/aromatic N) is 2. The minimum absolute atomic E-state index is 0.190. The molecular formula is C14H17N3O. The van der Waals surface area contributed by atoms with Crippen molar-refractivity contribution in [1.29, 1.82) is 5.26 Å². The molecule has 0 saturated heterocycles. The predicted molar refractivity (Wildman–Crippen MR) is 67.9 cm³/mol. The molecule has 4 nitrogen and oxygen atoms in total. The SMILES string of the molecule is N#Cc1ccncc1C(=O)NCC1CCCCC1. The van der Waals surface area contributed by atoms with E-state index in [0.717, 1.165) is 0 Å². The van der Waals surface area contributed by atoms with Crippen molar-refractivity contribution >= 4 is 5.91 Å². The molecule has 0 atom stereocenters. The summed E-state index contributed by atoms with van der Waals surface area (Å²) in [6, 6.07) is 3.58. The third-order valence-corrected chi connectivity index (χ3v) is 3.46. The number of nitriles is 1. The Morgan fingerprint density at radius 1 is 1.44 bits per heavy atom. The van der Waals surface area contributed by atoms with Gasteiger partial charge in [0.1, 0.15) is 6.07 Å². The van der Waals surface area contributed by atoms with Gasteiger partial charge in [-0.15, -0.1) is 0 Å². The molecule has 1 aliphatic carbocycles. The number of rotatable bonds is 3. The van der Waals surface area contributed by atoms with Crippen LogP contribution in [0.4, 0.5) is 0 Å². The first-order valence-electron chi connectivity index (χ1n) is 6.43. The fourth-order valence-corrected chi connectivity index (χ4v) is 2.40. The van der Waals surface area contributed by atoms with E-state index in [-0.39, 0.29) is 5.91 Å². The Hall–Kier alpha value is -1.89. The number of amides is 1. The maximum atomic E-state index is 12.0. The van der Waals surface area contributed by atoms with Crippen molar-refractivity contribution < 1.29 is 4.79 Å². The standard InChI is InChI=1S/C14H17N3O/c15-8-12-6-7-16-10-13(12)14(18)17-9-11-4-2-1-3-5-11/h6-7,10-11H,1-5,9H2,(H,17,18). The largest absolute Gasteiger partial charge is 0.352 e. The topological polar surface area (TPSA) is 65.8 Å². The van der Waals surface area contributed by atoms with Gasteiger partial charge >= 0.3 is 0 Å². The van der Waals surface area contributed by atoms with Crippen LogP contribution in [0, 0.1) is 17.2 Å². The Kier molecular flexibility index (Phi) is 4.30. The Bertz CT molecular complexity index is 458. The summed E-state index contributed by atoms with van der Waals surface area (Å²) in [6.07, 6.45) is 9.20. The lowest BCUT2D eigenvalue weighted by Crippen LogP contribution is -2.30. The molecule has 94 valence electrons. The van der Waals surface area contributed by atoms with Gasteiger partial charge in [0.15, 0.2) is 0 Å². The second-order valence-corrected chi connectivity index (χ2v) is 4.75. The second-order valence-electron chi connectivity index (χ2n) is 4.75. The summed E-state index contributed by atoms with van der Waals surface area (Å²) in [5.74, 6) is 0.398. The first-order valence-corrected chi connectivity index (χ1v) is 6.43. The smallest absolute Gasteiger partial charge is 0.254 e. The van der Waals surface area contributed by atoms with E-state index in [2.05, 4.69) is 10.3 Å². The molecule has 1 saturated carbocycles. The molecule has 0 radical (unpaired) electrons. The van der Waals surface area contributed by atoms with Gasteiger partial charge in [0.05, 0.1) is 11.1 Å². The quantitative estimate of drug-likeness (QED) is 0.885. The average molecular weight is 243 g/mol. The molecule has 0 unspecified atom stereocenters. The number of carbonyl (C=O) groups excluding carboxylic acids is 1. The Morgan fingerprint density at radius 2 is 2.22 bits per heavy atom.